The minimum absolute atomic E-state index is 0.00229. The number of allylic oxidation sites excluding steroid dienone is 2. The van der Waals surface area contributed by atoms with Gasteiger partial charge in [-0.1, -0.05) is 13.0 Å². The van der Waals surface area contributed by atoms with Crippen LogP contribution in [0.2, 0.25) is 0 Å². The summed E-state index contributed by atoms with van der Waals surface area (Å²) in [5.74, 6) is 0.464. The fourth-order valence-electron chi connectivity index (χ4n) is 1.16. The van der Waals surface area contributed by atoms with Crippen LogP contribution in [0.1, 0.15) is 6.92 Å². The second-order valence-electron chi connectivity index (χ2n) is 3.70. The first-order valence-electron chi connectivity index (χ1n) is 4.70. The fourth-order valence-corrected chi connectivity index (χ4v) is 1.16. The zero-order valence-electron chi connectivity index (χ0n) is 8.90. The third-order valence-corrected chi connectivity index (χ3v) is 1.97. The van der Waals surface area contributed by atoms with Crippen LogP contribution in [0.4, 0.5) is 0 Å². The number of nitrogens with zero attached hydrogens (tertiary/aromatic N) is 2. The molecule has 0 fully saturated rings. The fraction of sp³-hybridized carbons (Fsp3) is 0.455. The number of hydrogen-bond acceptors (Lipinski definition) is 2. The van der Waals surface area contributed by atoms with Crippen LogP contribution in [-0.4, -0.2) is 37.7 Å². The Morgan fingerprint density at radius 1 is 1.64 bits per heavy atom. The van der Waals surface area contributed by atoms with Crippen LogP contribution >= 0.6 is 0 Å². The third-order valence-electron chi connectivity index (χ3n) is 1.97. The number of amides is 1. The summed E-state index contributed by atoms with van der Waals surface area (Å²) in [5.41, 5.74) is 1.01. The van der Waals surface area contributed by atoms with Crippen LogP contribution in [0.3, 0.4) is 0 Å². The predicted octanol–water partition coefficient (Wildman–Crippen LogP) is 1.28. The Kier molecular flexibility index (Phi) is 3.63. The number of aliphatic imine (C=N–C) groups is 1. The average Bonchev–Trinajstić information content (AvgIpc) is 2.14. The van der Waals surface area contributed by atoms with Crippen molar-refractivity contribution in [2.45, 2.75) is 6.92 Å². The minimum Gasteiger partial charge on any atom is -0.345 e. The van der Waals surface area contributed by atoms with E-state index < -0.39 is 0 Å². The number of rotatable bonds is 2. The van der Waals surface area contributed by atoms with Crippen molar-refractivity contribution in [2.75, 3.05) is 20.6 Å². The van der Waals surface area contributed by atoms with E-state index in [1.54, 1.807) is 31.3 Å². The zero-order chi connectivity index (χ0) is 10.6. The molecule has 76 valence electrons. The molecular weight excluding hydrogens is 176 g/mol. The van der Waals surface area contributed by atoms with E-state index in [1.807, 2.05) is 6.08 Å². The van der Waals surface area contributed by atoms with Crippen LogP contribution in [0.5, 0.6) is 0 Å². The molecule has 0 bridgehead atoms. The highest BCUT2D eigenvalue weighted by Gasteiger charge is 2.03. The number of likely N-dealkylation sites (N-methyl/N-ethyl adjacent to an activating group) is 1. The van der Waals surface area contributed by atoms with Crippen molar-refractivity contribution in [3.63, 3.8) is 0 Å². The van der Waals surface area contributed by atoms with Crippen molar-refractivity contribution in [1.82, 2.24) is 4.90 Å². The molecule has 14 heavy (non-hydrogen) atoms. The smallest absolute Gasteiger partial charge is 0.246 e. The number of carbonyl (C=O) groups is 1. The molecule has 0 aliphatic carbocycles. The highest BCUT2D eigenvalue weighted by molar-refractivity contribution is 5.91. The molecule has 0 radical (unpaired) electrons. The van der Waals surface area contributed by atoms with Crippen LogP contribution in [0.15, 0.2) is 28.8 Å². The first kappa shape index (κ1) is 10.7. The van der Waals surface area contributed by atoms with Gasteiger partial charge < -0.3 is 4.90 Å². The van der Waals surface area contributed by atoms with Crippen LogP contribution < -0.4 is 0 Å². The van der Waals surface area contributed by atoms with Gasteiger partial charge in [0.05, 0.1) is 0 Å². The summed E-state index contributed by atoms with van der Waals surface area (Å²) in [5, 5.41) is 0. The van der Waals surface area contributed by atoms with Gasteiger partial charge in [-0.05, 0) is 17.6 Å². The van der Waals surface area contributed by atoms with Crippen molar-refractivity contribution in [3.05, 3.63) is 23.8 Å². The monoisotopic (exact) mass is 192 g/mol. The van der Waals surface area contributed by atoms with E-state index in [4.69, 9.17) is 0 Å². The molecule has 0 N–H and O–H groups in total. The first-order valence-corrected chi connectivity index (χ1v) is 4.70. The number of hydrogen-bond donors (Lipinski definition) is 0. The molecule has 3 nitrogen and oxygen atoms in total. The molecular formula is C11H16N2O. The Bertz CT molecular complexity index is 300. The number of dihydropyridines is 1. The van der Waals surface area contributed by atoms with Crippen LogP contribution in [-0.2, 0) is 4.79 Å². The molecule has 0 aromatic rings. The molecule has 0 spiro atoms. The van der Waals surface area contributed by atoms with E-state index in [1.165, 1.54) is 0 Å². The molecule has 0 aromatic heterocycles. The lowest BCUT2D eigenvalue weighted by Gasteiger charge is -2.09. The third kappa shape index (κ3) is 3.17. The molecule has 0 saturated carbocycles. The summed E-state index contributed by atoms with van der Waals surface area (Å²) in [7, 11) is 3.47. The van der Waals surface area contributed by atoms with Gasteiger partial charge in [-0.2, -0.15) is 0 Å². The van der Waals surface area contributed by atoms with Crippen LogP contribution in [0.25, 0.3) is 0 Å². The van der Waals surface area contributed by atoms with Gasteiger partial charge >= 0.3 is 0 Å². The predicted molar refractivity (Wildman–Crippen MR) is 58.4 cm³/mol. The van der Waals surface area contributed by atoms with Gasteiger partial charge in [-0.15, -0.1) is 0 Å². The van der Waals surface area contributed by atoms with Gasteiger partial charge in [-0.25, -0.2) is 0 Å². The Labute approximate surface area is 84.8 Å². The lowest BCUT2D eigenvalue weighted by molar-refractivity contribution is -0.123. The summed E-state index contributed by atoms with van der Waals surface area (Å²) in [6, 6.07) is 0. The lowest BCUT2D eigenvalue weighted by Crippen LogP contribution is -2.18. The molecule has 1 aliphatic rings. The Balaban J connectivity index is 2.60. The van der Waals surface area contributed by atoms with Crippen molar-refractivity contribution in [3.8, 4) is 0 Å². The van der Waals surface area contributed by atoms with E-state index >= 15 is 0 Å². The first-order chi connectivity index (χ1) is 6.59. The maximum atomic E-state index is 11.2. The average molecular weight is 192 g/mol. The van der Waals surface area contributed by atoms with E-state index in [2.05, 4.69) is 18.0 Å². The summed E-state index contributed by atoms with van der Waals surface area (Å²) in [6.07, 6.45) is 7.29. The van der Waals surface area contributed by atoms with Crippen LogP contribution in [0, 0.1) is 5.92 Å². The van der Waals surface area contributed by atoms with E-state index in [0.29, 0.717) is 5.92 Å². The SMILES string of the molecule is CC1C=C(C=CC(=O)N(C)C)C=NC1. The van der Waals surface area contributed by atoms with E-state index in [-0.39, 0.29) is 5.91 Å². The van der Waals surface area contributed by atoms with Gasteiger partial charge in [0.25, 0.3) is 0 Å². The van der Waals surface area contributed by atoms with Gasteiger partial charge in [0.2, 0.25) is 5.91 Å². The van der Waals surface area contributed by atoms with Gasteiger partial charge in [-0.3, -0.25) is 9.79 Å². The molecule has 1 atom stereocenters. The van der Waals surface area contributed by atoms with Gasteiger partial charge in [0, 0.05) is 32.9 Å². The lowest BCUT2D eigenvalue weighted by atomic mass is 10.1. The Morgan fingerprint density at radius 2 is 2.36 bits per heavy atom. The highest BCUT2D eigenvalue weighted by Crippen LogP contribution is 2.08. The second-order valence-corrected chi connectivity index (χ2v) is 3.70. The molecule has 1 rings (SSSR count). The highest BCUT2D eigenvalue weighted by atomic mass is 16.2. The van der Waals surface area contributed by atoms with Crippen molar-refractivity contribution >= 4 is 12.1 Å². The second kappa shape index (κ2) is 4.74. The molecule has 1 aliphatic heterocycles. The molecule has 1 amide bonds. The van der Waals surface area contributed by atoms with E-state index in [0.717, 1.165) is 12.1 Å². The van der Waals surface area contributed by atoms with Crippen molar-refractivity contribution in [2.24, 2.45) is 10.9 Å². The standard InChI is InChI=1S/C11H16N2O/c1-9-6-10(8-12-7-9)4-5-11(14)13(2)3/h4-6,8-9H,7H2,1-3H3. The molecule has 1 heterocycles. The zero-order valence-corrected chi connectivity index (χ0v) is 8.90. The topological polar surface area (TPSA) is 32.7 Å². The maximum Gasteiger partial charge on any atom is 0.246 e. The maximum absolute atomic E-state index is 11.2. The minimum atomic E-state index is -0.00229. The number of carbonyl (C=O) groups excluding carboxylic acids is 1. The Morgan fingerprint density at radius 3 is 2.93 bits per heavy atom. The van der Waals surface area contributed by atoms with Gasteiger partial charge in [0.1, 0.15) is 0 Å². The normalized spacial score (nSPS) is 21.1. The summed E-state index contributed by atoms with van der Waals surface area (Å²) in [6.45, 7) is 2.96. The quantitative estimate of drug-likeness (QED) is 0.606. The Hall–Kier alpha value is -1.38. The van der Waals surface area contributed by atoms with Crippen molar-refractivity contribution in [1.29, 1.82) is 0 Å². The molecule has 3 heteroatoms. The molecule has 0 saturated heterocycles. The molecule has 0 aromatic carbocycles. The van der Waals surface area contributed by atoms with Gasteiger partial charge in [0.15, 0.2) is 0 Å². The van der Waals surface area contributed by atoms with Crippen molar-refractivity contribution < 1.29 is 4.79 Å². The summed E-state index contributed by atoms with van der Waals surface area (Å²) in [4.78, 5) is 17.0. The summed E-state index contributed by atoms with van der Waals surface area (Å²) < 4.78 is 0. The summed E-state index contributed by atoms with van der Waals surface area (Å²) >= 11 is 0. The van der Waals surface area contributed by atoms with E-state index in [9.17, 15) is 4.79 Å². The largest absolute Gasteiger partial charge is 0.345 e. The molecule has 1 unspecified atom stereocenters.